The Balaban J connectivity index is 1.80. The molecule has 1 aromatic carbocycles. The second kappa shape index (κ2) is 10.1. The molecule has 1 aromatic rings. The van der Waals surface area contributed by atoms with Gasteiger partial charge >= 0.3 is 0 Å². The summed E-state index contributed by atoms with van der Waals surface area (Å²) in [4.78, 5) is 42.1. The molecule has 2 bridgehead atoms. The predicted molar refractivity (Wildman–Crippen MR) is 148 cm³/mol. The van der Waals surface area contributed by atoms with E-state index in [2.05, 4.69) is 32.9 Å². The van der Waals surface area contributed by atoms with Crippen molar-refractivity contribution in [2.45, 2.75) is 92.3 Å². The highest BCUT2D eigenvalue weighted by Gasteiger charge is 2.68. The third kappa shape index (κ3) is 4.75. The van der Waals surface area contributed by atoms with Gasteiger partial charge in [0, 0.05) is 5.56 Å². The van der Waals surface area contributed by atoms with Crippen molar-refractivity contribution in [3.05, 3.63) is 70.5 Å². The Morgan fingerprint density at radius 2 is 1.68 bits per heavy atom. The van der Waals surface area contributed by atoms with E-state index >= 15 is 0 Å². The minimum atomic E-state index is -1.18. The maximum atomic E-state index is 14.2. The lowest BCUT2D eigenvalue weighted by atomic mass is 9.46. The van der Waals surface area contributed by atoms with E-state index in [9.17, 15) is 19.5 Å². The Kier molecular flexibility index (Phi) is 7.48. The van der Waals surface area contributed by atoms with Gasteiger partial charge in [-0.3, -0.25) is 14.4 Å². The Bertz CT molecular complexity index is 1230. The number of ketones is 3. The number of ether oxygens (including phenoxy) is 1. The van der Waals surface area contributed by atoms with Gasteiger partial charge < -0.3 is 9.84 Å². The quantitative estimate of drug-likeness (QED) is 0.191. The zero-order valence-corrected chi connectivity index (χ0v) is 23.9. The number of benzene rings is 1. The largest absolute Gasteiger partial charge is 0.488 e. The third-order valence-corrected chi connectivity index (χ3v) is 9.11. The van der Waals surface area contributed by atoms with Crippen LogP contribution in [0, 0.1) is 22.7 Å². The number of allylic oxidation sites excluding steroid dienone is 6. The summed E-state index contributed by atoms with van der Waals surface area (Å²) in [6.07, 6.45) is 6.82. The second-order valence-electron chi connectivity index (χ2n) is 12.9. The Morgan fingerprint density at radius 1 is 1.03 bits per heavy atom. The van der Waals surface area contributed by atoms with Crippen LogP contribution in [-0.4, -0.2) is 34.2 Å². The standard InChI is InChI=1S/C33H42O5/c1-20(2)12-11-13-21(3)16-17-23-18-33-19-24(34)32(6,7)38-30(33)25(27(35)22-14-9-8-10-15-22)28(36)26(29(33)37)31(23,4)5/h8-10,12,14-16,23-24,26,34H,11,13,17-19H2,1-7H3/b21-16+/t23-,24-,26+,33-/m0/s1. The fraction of sp³-hybridized carbons (Fsp3) is 0.545. The average Bonchev–Trinajstić information content (AvgIpc) is 2.83. The van der Waals surface area contributed by atoms with E-state index in [1.165, 1.54) is 11.1 Å². The van der Waals surface area contributed by atoms with Gasteiger partial charge in [-0.25, -0.2) is 0 Å². The van der Waals surface area contributed by atoms with E-state index in [0.29, 0.717) is 12.0 Å². The van der Waals surface area contributed by atoms with Crippen molar-refractivity contribution in [2.24, 2.45) is 22.7 Å². The number of hydrogen-bond donors (Lipinski definition) is 1. The molecule has 0 radical (unpaired) electrons. The number of rotatable bonds is 7. The summed E-state index contributed by atoms with van der Waals surface area (Å²) in [7, 11) is 0. The summed E-state index contributed by atoms with van der Waals surface area (Å²) < 4.78 is 6.33. The molecule has 2 fully saturated rings. The van der Waals surface area contributed by atoms with E-state index in [4.69, 9.17) is 4.74 Å². The normalized spacial score (nSPS) is 29.9. The molecule has 1 heterocycles. The lowest BCUT2D eigenvalue weighted by Crippen LogP contribution is -2.64. The van der Waals surface area contributed by atoms with Crippen molar-refractivity contribution in [3.8, 4) is 0 Å². The molecular weight excluding hydrogens is 476 g/mol. The van der Waals surface area contributed by atoms with Crippen LogP contribution in [0.1, 0.15) is 90.9 Å². The number of aliphatic hydroxyl groups excluding tert-OH is 1. The van der Waals surface area contributed by atoms with Gasteiger partial charge in [-0.1, -0.05) is 67.5 Å². The van der Waals surface area contributed by atoms with Crippen LogP contribution < -0.4 is 0 Å². The van der Waals surface area contributed by atoms with Crippen LogP contribution in [0.5, 0.6) is 0 Å². The highest BCUT2D eigenvalue weighted by atomic mass is 16.5. The number of carbonyl (C=O) groups excluding carboxylic acids is 3. The van der Waals surface area contributed by atoms with Crippen LogP contribution in [0.15, 0.2) is 65.0 Å². The molecule has 2 aliphatic carbocycles. The van der Waals surface area contributed by atoms with Crippen LogP contribution in [-0.2, 0) is 14.3 Å². The molecular formula is C33H42O5. The van der Waals surface area contributed by atoms with Crippen molar-refractivity contribution < 1.29 is 24.2 Å². The van der Waals surface area contributed by atoms with E-state index in [1.807, 2.05) is 19.9 Å². The monoisotopic (exact) mass is 518 g/mol. The Hall–Kier alpha value is -2.79. The number of carbonyl (C=O) groups is 3. The van der Waals surface area contributed by atoms with Crippen LogP contribution in [0.3, 0.4) is 0 Å². The van der Waals surface area contributed by atoms with Crippen molar-refractivity contribution >= 4 is 17.3 Å². The first-order valence-corrected chi connectivity index (χ1v) is 13.8. The molecule has 1 N–H and O–H groups in total. The van der Waals surface area contributed by atoms with Gasteiger partial charge in [0.2, 0.25) is 0 Å². The fourth-order valence-electron chi connectivity index (χ4n) is 6.49. The summed E-state index contributed by atoms with van der Waals surface area (Å²) >= 11 is 0. The lowest BCUT2D eigenvalue weighted by molar-refractivity contribution is -0.184. The summed E-state index contributed by atoms with van der Waals surface area (Å²) in [5.74, 6) is -1.83. The smallest absolute Gasteiger partial charge is 0.200 e. The van der Waals surface area contributed by atoms with Gasteiger partial charge in [0.1, 0.15) is 16.9 Å². The molecule has 0 amide bonds. The molecule has 0 unspecified atom stereocenters. The topological polar surface area (TPSA) is 80.7 Å². The molecule has 3 aliphatic rings. The van der Waals surface area contributed by atoms with Crippen LogP contribution in [0.2, 0.25) is 0 Å². The van der Waals surface area contributed by atoms with E-state index in [-0.39, 0.29) is 29.5 Å². The van der Waals surface area contributed by atoms with Crippen LogP contribution >= 0.6 is 0 Å². The van der Waals surface area contributed by atoms with Crippen LogP contribution in [0.25, 0.3) is 0 Å². The highest BCUT2D eigenvalue weighted by molar-refractivity contribution is 6.33. The molecule has 4 atom stereocenters. The molecule has 4 rings (SSSR count). The minimum absolute atomic E-state index is 0.00735. The highest BCUT2D eigenvalue weighted by Crippen LogP contribution is 2.62. The first kappa shape index (κ1) is 28.2. The molecule has 0 aromatic heterocycles. The maximum absolute atomic E-state index is 14.2. The van der Waals surface area contributed by atoms with Crippen molar-refractivity contribution in [2.75, 3.05) is 0 Å². The Morgan fingerprint density at radius 3 is 2.32 bits per heavy atom. The third-order valence-electron chi connectivity index (χ3n) is 9.11. The van der Waals surface area contributed by atoms with Crippen molar-refractivity contribution in [1.29, 1.82) is 0 Å². The second-order valence-corrected chi connectivity index (χ2v) is 12.9. The van der Waals surface area contributed by atoms with Crippen LogP contribution in [0.4, 0.5) is 0 Å². The summed E-state index contributed by atoms with van der Waals surface area (Å²) in [6.45, 7) is 13.8. The SMILES string of the molecule is CC(C)=CCC/C(C)=C/C[C@H]1C[C@@]23C[C@H](O)C(C)(C)OC2=C(C(=O)c2ccccc2)C(=O)[C@H](C3=O)C1(C)C. The number of Topliss-reactive ketones (excluding diaryl/α,β-unsaturated/α-hetero) is 3. The summed E-state index contributed by atoms with van der Waals surface area (Å²) in [6, 6.07) is 8.70. The van der Waals surface area contributed by atoms with Gasteiger partial charge in [0.25, 0.3) is 0 Å². The molecule has 5 heteroatoms. The zero-order chi connectivity index (χ0) is 28.0. The number of aliphatic hydroxyl groups is 1. The van der Waals surface area contributed by atoms with E-state index in [1.54, 1.807) is 38.1 Å². The molecule has 5 nitrogen and oxygen atoms in total. The van der Waals surface area contributed by atoms with Gasteiger partial charge in [0.05, 0.1) is 17.4 Å². The fourth-order valence-corrected chi connectivity index (χ4v) is 6.49. The summed E-state index contributed by atoms with van der Waals surface area (Å²) in [5.41, 5.74) is 0.0950. The average molecular weight is 519 g/mol. The maximum Gasteiger partial charge on any atom is 0.200 e. The van der Waals surface area contributed by atoms with Gasteiger partial charge in [-0.15, -0.1) is 0 Å². The van der Waals surface area contributed by atoms with E-state index < -0.39 is 40.0 Å². The van der Waals surface area contributed by atoms with Crippen molar-refractivity contribution in [3.63, 3.8) is 0 Å². The van der Waals surface area contributed by atoms with Gasteiger partial charge in [-0.05, 0) is 78.1 Å². The molecule has 204 valence electrons. The molecule has 38 heavy (non-hydrogen) atoms. The van der Waals surface area contributed by atoms with E-state index in [0.717, 1.165) is 19.3 Å². The zero-order valence-electron chi connectivity index (χ0n) is 23.9. The first-order valence-electron chi connectivity index (χ1n) is 13.8. The number of hydrogen-bond acceptors (Lipinski definition) is 5. The molecule has 1 saturated heterocycles. The molecule has 1 aliphatic heterocycles. The molecule has 1 saturated carbocycles. The first-order chi connectivity index (χ1) is 17.7. The Labute approximate surface area is 227 Å². The number of fused-ring (bicyclic) bond motifs is 1. The van der Waals surface area contributed by atoms with Gasteiger partial charge in [0.15, 0.2) is 17.3 Å². The minimum Gasteiger partial charge on any atom is -0.488 e. The summed E-state index contributed by atoms with van der Waals surface area (Å²) in [5, 5.41) is 11.1. The predicted octanol–water partition coefficient (Wildman–Crippen LogP) is 6.57. The molecule has 1 spiro atoms. The lowest BCUT2D eigenvalue weighted by Gasteiger charge is -2.58. The van der Waals surface area contributed by atoms with Crippen molar-refractivity contribution in [1.82, 2.24) is 0 Å². The van der Waals surface area contributed by atoms with Gasteiger partial charge in [-0.2, -0.15) is 0 Å².